The third-order valence-corrected chi connectivity index (χ3v) is 10.8. The highest BCUT2D eigenvalue weighted by atomic mass is 16.4. The first-order valence-corrected chi connectivity index (χ1v) is 16.0. The summed E-state index contributed by atoms with van der Waals surface area (Å²) in [6.45, 7) is 13.5. The largest absolute Gasteiger partial charge is 0.465 e. The zero-order valence-corrected chi connectivity index (χ0v) is 26.4. The van der Waals surface area contributed by atoms with Crippen LogP contribution in [0.2, 0.25) is 0 Å². The Morgan fingerprint density at radius 3 is 2.26 bits per heavy atom. The molecule has 3 atom stereocenters. The van der Waals surface area contributed by atoms with Crippen molar-refractivity contribution in [1.82, 2.24) is 15.1 Å². The van der Waals surface area contributed by atoms with E-state index in [1.165, 1.54) is 4.90 Å². The van der Waals surface area contributed by atoms with Crippen LogP contribution < -0.4 is 5.32 Å². The van der Waals surface area contributed by atoms with E-state index in [0.717, 1.165) is 48.8 Å². The summed E-state index contributed by atoms with van der Waals surface area (Å²) in [5, 5.41) is 24.2. The maximum absolute atomic E-state index is 13.8. The molecule has 5 aliphatic rings. The van der Waals surface area contributed by atoms with E-state index in [-0.39, 0.29) is 29.3 Å². The molecule has 3 N–H and O–H groups in total. The topological polar surface area (TPSA) is 110 Å². The van der Waals surface area contributed by atoms with Gasteiger partial charge in [0.1, 0.15) is 0 Å². The minimum atomic E-state index is -0.927. The summed E-state index contributed by atoms with van der Waals surface area (Å²) in [7, 11) is 0. The number of benzene rings is 1. The fourth-order valence-electron chi connectivity index (χ4n) is 8.64. The van der Waals surface area contributed by atoms with Gasteiger partial charge in [0, 0.05) is 32.1 Å². The monoisotopic (exact) mass is 581 g/mol. The van der Waals surface area contributed by atoms with Crippen LogP contribution >= 0.6 is 0 Å². The van der Waals surface area contributed by atoms with Crippen molar-refractivity contribution in [2.75, 3.05) is 19.6 Å². The normalized spacial score (nSPS) is 31.2. The maximum atomic E-state index is 13.8. The summed E-state index contributed by atoms with van der Waals surface area (Å²) in [6.07, 6.45) is 5.35. The first-order chi connectivity index (χ1) is 19.6. The predicted molar refractivity (Wildman–Crippen MR) is 162 cm³/mol. The lowest BCUT2D eigenvalue weighted by Gasteiger charge is -2.58. The molecule has 8 nitrogen and oxygen atoms in total. The van der Waals surface area contributed by atoms with Crippen molar-refractivity contribution in [3.63, 3.8) is 0 Å². The number of amides is 3. The number of hydrogen-bond acceptors (Lipinski definition) is 4. The molecule has 1 aliphatic heterocycles. The Labute approximate surface area is 251 Å². The highest BCUT2D eigenvalue weighted by Gasteiger charge is 2.55. The molecule has 0 aromatic heterocycles. The Hall–Kier alpha value is -2.61. The minimum Gasteiger partial charge on any atom is -0.465 e. The second-order valence-corrected chi connectivity index (χ2v) is 15.6. The number of rotatable bonds is 6. The van der Waals surface area contributed by atoms with Crippen molar-refractivity contribution >= 4 is 17.9 Å². The molecule has 1 heterocycles. The van der Waals surface area contributed by atoms with Gasteiger partial charge in [0.2, 0.25) is 11.8 Å². The summed E-state index contributed by atoms with van der Waals surface area (Å²) in [6, 6.07) is 6.12. The SMILES string of the molecule is Cc1cc(CCC(=O)N2CCCN(C(=O)O)C(C(C)(C)C)C2)cc(C(C)(C)C(=O)NC2C3CC4CC2CC(O)(C4)C3)c1. The lowest BCUT2D eigenvalue weighted by Crippen LogP contribution is -2.62. The average Bonchev–Trinajstić information content (AvgIpc) is 3.12. The van der Waals surface area contributed by atoms with E-state index in [0.29, 0.717) is 56.7 Å². The average molecular weight is 582 g/mol. The molecule has 0 spiro atoms. The van der Waals surface area contributed by atoms with Crippen molar-refractivity contribution < 1.29 is 24.6 Å². The second kappa shape index (κ2) is 11.1. The van der Waals surface area contributed by atoms with E-state index < -0.39 is 17.1 Å². The van der Waals surface area contributed by atoms with Crippen LogP contribution in [0.25, 0.3) is 0 Å². The number of nitrogens with zero attached hydrogens (tertiary/aromatic N) is 2. The van der Waals surface area contributed by atoms with Crippen LogP contribution in [0.4, 0.5) is 4.79 Å². The third-order valence-electron chi connectivity index (χ3n) is 10.8. The van der Waals surface area contributed by atoms with Crippen LogP contribution in [-0.2, 0) is 21.4 Å². The second-order valence-electron chi connectivity index (χ2n) is 15.6. The minimum absolute atomic E-state index is 0.0281. The molecule has 4 saturated carbocycles. The zero-order chi connectivity index (χ0) is 30.6. The van der Waals surface area contributed by atoms with Crippen LogP contribution in [0, 0.1) is 30.1 Å². The van der Waals surface area contributed by atoms with E-state index in [1.54, 1.807) is 0 Å². The van der Waals surface area contributed by atoms with Gasteiger partial charge in [0.05, 0.1) is 17.1 Å². The number of carbonyl (C=O) groups excluding carboxylic acids is 2. The standard InChI is InChI=1S/C34H51N3O5/c1-21-12-22(8-9-28(38)36-10-7-11-37(31(40)41)27(20-36)32(2,3)4)16-26(13-21)33(5,6)30(39)35-29-24-14-23-15-25(29)19-34(42,17-23)18-24/h12-13,16,23-25,27,29,42H,7-11,14-15,17-20H2,1-6H3,(H,35,39)(H,40,41). The molecular weight excluding hydrogens is 530 g/mol. The van der Waals surface area contributed by atoms with Crippen LogP contribution in [-0.4, -0.2) is 75.2 Å². The summed E-state index contributed by atoms with van der Waals surface area (Å²) >= 11 is 0. The Morgan fingerprint density at radius 2 is 1.67 bits per heavy atom. The van der Waals surface area contributed by atoms with Gasteiger partial charge in [0.25, 0.3) is 0 Å². The molecule has 5 fully saturated rings. The Kier molecular flexibility index (Phi) is 8.18. The maximum Gasteiger partial charge on any atom is 0.407 e. The lowest BCUT2D eigenvalue weighted by molar-refractivity contribution is -0.148. The molecule has 3 unspecified atom stereocenters. The van der Waals surface area contributed by atoms with E-state index >= 15 is 0 Å². The summed E-state index contributed by atoms with van der Waals surface area (Å²) in [5.41, 5.74) is 1.51. The van der Waals surface area contributed by atoms with Crippen LogP contribution in [0.15, 0.2) is 18.2 Å². The number of aliphatic hydroxyl groups is 1. The molecule has 4 aliphatic carbocycles. The molecule has 1 aromatic carbocycles. The lowest BCUT2D eigenvalue weighted by atomic mass is 9.52. The highest BCUT2D eigenvalue weighted by Crippen LogP contribution is 2.55. The third kappa shape index (κ3) is 6.20. The number of carboxylic acid groups (broad SMARTS) is 1. The van der Waals surface area contributed by atoms with E-state index in [1.807, 2.05) is 46.4 Å². The Morgan fingerprint density at radius 1 is 1.00 bits per heavy atom. The molecular formula is C34H51N3O5. The summed E-state index contributed by atoms with van der Waals surface area (Å²) < 4.78 is 0. The molecule has 4 bridgehead atoms. The molecule has 3 amide bonds. The fraction of sp³-hybridized carbons (Fsp3) is 0.735. The van der Waals surface area contributed by atoms with E-state index in [9.17, 15) is 24.6 Å². The van der Waals surface area contributed by atoms with Crippen molar-refractivity contribution in [3.8, 4) is 0 Å². The molecule has 232 valence electrons. The summed E-state index contributed by atoms with van der Waals surface area (Å²) in [5.74, 6) is 1.39. The highest BCUT2D eigenvalue weighted by molar-refractivity contribution is 5.87. The first kappa shape index (κ1) is 30.8. The van der Waals surface area contributed by atoms with E-state index in [4.69, 9.17) is 0 Å². The molecule has 6 rings (SSSR count). The van der Waals surface area contributed by atoms with Gasteiger partial charge >= 0.3 is 6.09 Å². The van der Waals surface area contributed by atoms with Crippen molar-refractivity contribution in [2.45, 2.75) is 116 Å². The van der Waals surface area contributed by atoms with Crippen LogP contribution in [0.3, 0.4) is 0 Å². The number of hydrogen-bond donors (Lipinski definition) is 3. The Bertz CT molecular complexity index is 1200. The van der Waals surface area contributed by atoms with Crippen molar-refractivity contribution in [1.29, 1.82) is 0 Å². The quantitative estimate of drug-likeness (QED) is 0.443. The molecule has 1 aromatic rings. The molecule has 1 saturated heterocycles. The molecule has 8 heteroatoms. The van der Waals surface area contributed by atoms with Gasteiger partial charge in [-0.15, -0.1) is 0 Å². The van der Waals surface area contributed by atoms with Crippen LogP contribution in [0.1, 0.15) is 96.3 Å². The smallest absolute Gasteiger partial charge is 0.407 e. The molecule has 0 radical (unpaired) electrons. The number of aryl methyl sites for hydroxylation is 2. The zero-order valence-electron chi connectivity index (χ0n) is 26.4. The summed E-state index contributed by atoms with van der Waals surface area (Å²) in [4.78, 5) is 42.4. The van der Waals surface area contributed by atoms with Gasteiger partial charge in [-0.1, -0.05) is 44.5 Å². The van der Waals surface area contributed by atoms with Gasteiger partial charge < -0.3 is 25.3 Å². The van der Waals surface area contributed by atoms with Gasteiger partial charge in [-0.2, -0.15) is 0 Å². The van der Waals surface area contributed by atoms with Gasteiger partial charge in [-0.25, -0.2) is 4.79 Å². The van der Waals surface area contributed by atoms with Gasteiger partial charge in [0.15, 0.2) is 0 Å². The molecule has 42 heavy (non-hydrogen) atoms. The number of carbonyl (C=O) groups is 3. The Balaban J connectivity index is 1.24. The van der Waals surface area contributed by atoms with Gasteiger partial charge in [-0.3, -0.25) is 9.59 Å². The van der Waals surface area contributed by atoms with E-state index in [2.05, 4.69) is 23.5 Å². The van der Waals surface area contributed by atoms with Crippen molar-refractivity contribution in [3.05, 3.63) is 34.9 Å². The number of nitrogens with one attached hydrogen (secondary N) is 1. The fourth-order valence-corrected chi connectivity index (χ4v) is 8.64. The van der Waals surface area contributed by atoms with Crippen molar-refractivity contribution in [2.24, 2.45) is 23.2 Å². The van der Waals surface area contributed by atoms with Crippen LogP contribution in [0.5, 0.6) is 0 Å². The predicted octanol–water partition coefficient (Wildman–Crippen LogP) is 4.89. The first-order valence-electron chi connectivity index (χ1n) is 16.0. The van der Waals surface area contributed by atoms with Gasteiger partial charge in [-0.05, 0) is 100 Å².